The van der Waals surface area contributed by atoms with Crippen LogP contribution in [-0.2, 0) is 21.1 Å². The number of carbonyl (C=O) groups excluding carboxylic acids is 1. The predicted octanol–water partition coefficient (Wildman–Crippen LogP) is 7.50. The molecule has 0 bridgehead atoms. The van der Waals surface area contributed by atoms with Gasteiger partial charge in [0.15, 0.2) is 0 Å². The minimum absolute atomic E-state index is 0.0680. The lowest BCUT2D eigenvalue weighted by Gasteiger charge is -2.19. The average molecular weight is 661 g/mol. The van der Waals surface area contributed by atoms with Crippen LogP contribution in [0.5, 0.6) is 11.5 Å². The van der Waals surface area contributed by atoms with E-state index in [1.165, 1.54) is 4.90 Å². The molecule has 0 fully saturated rings. The molecule has 0 radical (unpaired) electrons. The zero-order valence-corrected chi connectivity index (χ0v) is 26.8. The van der Waals surface area contributed by atoms with Gasteiger partial charge in [-0.3, -0.25) is 4.79 Å². The van der Waals surface area contributed by atoms with Crippen LogP contribution >= 0.6 is 0 Å². The third-order valence-electron chi connectivity index (χ3n) is 7.93. The summed E-state index contributed by atoms with van der Waals surface area (Å²) in [4.78, 5) is 17.5. The summed E-state index contributed by atoms with van der Waals surface area (Å²) < 4.78 is 97.9. The highest BCUT2D eigenvalue weighted by Gasteiger charge is 2.56. The first-order chi connectivity index (χ1) is 21.1. The van der Waals surface area contributed by atoms with E-state index in [2.05, 4.69) is 11.9 Å². The lowest BCUT2D eigenvalue weighted by molar-refractivity contribution is -0.284. The molecule has 0 saturated heterocycles. The van der Waals surface area contributed by atoms with Crippen molar-refractivity contribution >= 4 is 26.6 Å². The number of nitrogens with one attached hydrogen (secondary N) is 1. The zero-order valence-electron chi connectivity index (χ0n) is 26.0. The molecule has 13 heteroatoms. The van der Waals surface area contributed by atoms with Crippen molar-refractivity contribution < 1.29 is 44.6 Å². The molecule has 2 aromatic carbocycles. The molecular formula is C32H41F5N2O5S. The summed E-state index contributed by atoms with van der Waals surface area (Å²) in [7, 11) is 1.00. The molecule has 1 amide bonds. The van der Waals surface area contributed by atoms with Gasteiger partial charge in [0.1, 0.15) is 21.3 Å². The third-order valence-corrected chi connectivity index (χ3v) is 9.75. The molecule has 3 aromatic rings. The minimum Gasteiger partial charge on any atom is -0.497 e. The van der Waals surface area contributed by atoms with Gasteiger partial charge in [0.25, 0.3) is 0 Å². The fourth-order valence-corrected chi connectivity index (χ4v) is 6.71. The Kier molecular flexibility index (Phi) is 12.3. The molecule has 1 N–H and O–H groups in total. The maximum atomic E-state index is 13.0. The van der Waals surface area contributed by atoms with E-state index in [0.717, 1.165) is 64.0 Å². The van der Waals surface area contributed by atoms with E-state index in [9.17, 15) is 35.2 Å². The molecule has 3 rings (SSSR count). The van der Waals surface area contributed by atoms with Gasteiger partial charge in [-0.15, -0.1) is 0 Å². The van der Waals surface area contributed by atoms with Gasteiger partial charge >= 0.3 is 12.1 Å². The zero-order chi connectivity index (χ0) is 33.4. The van der Waals surface area contributed by atoms with Gasteiger partial charge in [-0.25, -0.2) is 8.42 Å². The second-order valence-electron chi connectivity index (χ2n) is 11.2. The Balaban J connectivity index is 1.47. The Bertz CT molecular complexity index is 1540. The number of carbonyl (C=O) groups is 1. The van der Waals surface area contributed by atoms with E-state index in [0.29, 0.717) is 6.42 Å². The molecular weight excluding hydrogens is 619 g/mol. The first-order valence-corrected chi connectivity index (χ1v) is 16.6. The van der Waals surface area contributed by atoms with E-state index >= 15 is 0 Å². The number of methoxy groups -OCH3 is 2. The summed E-state index contributed by atoms with van der Waals surface area (Å²) in [5.74, 6) is -4.65. The number of halogens is 5. The number of amides is 1. The molecule has 0 spiro atoms. The number of nitrogens with zero attached hydrogens (tertiary/aromatic N) is 1. The lowest BCUT2D eigenvalue weighted by atomic mass is 9.97. The summed E-state index contributed by atoms with van der Waals surface area (Å²) in [6.45, 7) is 2.22. The van der Waals surface area contributed by atoms with Crippen molar-refractivity contribution in [2.75, 3.05) is 39.3 Å². The summed E-state index contributed by atoms with van der Waals surface area (Å²) in [6.07, 6.45) is -4.74. The normalized spacial score (nSPS) is 12.5. The van der Waals surface area contributed by atoms with E-state index < -0.39 is 46.3 Å². The number of rotatable bonds is 17. The number of ether oxygens (including phenoxy) is 2. The van der Waals surface area contributed by atoms with Crippen molar-refractivity contribution in [3.05, 3.63) is 47.5 Å². The summed E-state index contributed by atoms with van der Waals surface area (Å²) in [5, 5.41) is 1.11. The molecule has 1 heterocycles. The van der Waals surface area contributed by atoms with E-state index in [-0.39, 0.29) is 25.3 Å². The quantitative estimate of drug-likeness (QED) is 0.120. The van der Waals surface area contributed by atoms with E-state index in [1.54, 1.807) is 21.3 Å². The maximum Gasteiger partial charge on any atom is 0.453 e. The average Bonchev–Trinajstić information content (AvgIpc) is 3.32. The van der Waals surface area contributed by atoms with Crippen LogP contribution in [0.4, 0.5) is 22.0 Å². The largest absolute Gasteiger partial charge is 0.497 e. The molecule has 0 aliphatic rings. The lowest BCUT2D eigenvalue weighted by Crippen LogP contribution is -2.36. The molecule has 45 heavy (non-hydrogen) atoms. The van der Waals surface area contributed by atoms with Crippen LogP contribution in [0.15, 0.2) is 36.4 Å². The molecule has 0 unspecified atom stereocenters. The Morgan fingerprint density at radius 2 is 1.56 bits per heavy atom. The van der Waals surface area contributed by atoms with Crippen molar-refractivity contribution in [1.29, 1.82) is 0 Å². The van der Waals surface area contributed by atoms with Crippen LogP contribution in [0, 0.1) is 6.92 Å². The van der Waals surface area contributed by atoms with E-state index in [1.807, 2.05) is 36.4 Å². The van der Waals surface area contributed by atoms with Gasteiger partial charge < -0.3 is 19.4 Å². The van der Waals surface area contributed by atoms with Gasteiger partial charge in [-0.05, 0) is 86.6 Å². The van der Waals surface area contributed by atoms with Gasteiger partial charge in [0.05, 0.1) is 25.7 Å². The van der Waals surface area contributed by atoms with Gasteiger partial charge in [0.2, 0.25) is 5.91 Å². The number of unbranched alkanes of at least 4 members (excludes halogenated alkanes) is 2. The second kappa shape index (κ2) is 15.3. The molecule has 0 aliphatic carbocycles. The van der Waals surface area contributed by atoms with Crippen LogP contribution in [0.25, 0.3) is 22.2 Å². The smallest absolute Gasteiger partial charge is 0.453 e. The number of hydrogen-bond donors (Lipinski definition) is 1. The van der Waals surface area contributed by atoms with Gasteiger partial charge in [-0.2, -0.15) is 22.0 Å². The molecule has 1 aromatic heterocycles. The van der Waals surface area contributed by atoms with Crippen LogP contribution in [0.1, 0.15) is 56.1 Å². The molecule has 0 saturated carbocycles. The highest BCUT2D eigenvalue weighted by atomic mass is 32.2. The standard InChI is InChI=1S/C32H41F5N2O5S/c1-22-29-25(27(44-4)17-16-26(29)38-30(22)23-12-14-24(43-3)15-13-23)10-6-5-7-11-28(40)39(2)19-9-21-45(41,42)20-8-18-31(33,34)32(35,36)37/h12-17,38H,5-11,18-21H2,1-4H3. The summed E-state index contributed by atoms with van der Waals surface area (Å²) in [5.41, 5.74) is 5.27. The Morgan fingerprint density at radius 1 is 0.889 bits per heavy atom. The number of benzene rings is 2. The van der Waals surface area contributed by atoms with E-state index in [4.69, 9.17) is 9.47 Å². The number of hydrogen-bond acceptors (Lipinski definition) is 5. The second-order valence-corrected chi connectivity index (χ2v) is 13.5. The van der Waals surface area contributed by atoms with Gasteiger partial charge in [0, 0.05) is 48.6 Å². The summed E-state index contributed by atoms with van der Waals surface area (Å²) in [6, 6.07) is 11.8. The molecule has 0 aliphatic heterocycles. The Morgan fingerprint density at radius 3 is 2.18 bits per heavy atom. The van der Waals surface area contributed by atoms with Crippen molar-refractivity contribution in [3.8, 4) is 22.8 Å². The van der Waals surface area contributed by atoms with Crippen LogP contribution < -0.4 is 9.47 Å². The van der Waals surface area contributed by atoms with Crippen LogP contribution in [0.3, 0.4) is 0 Å². The first-order valence-electron chi connectivity index (χ1n) is 14.8. The number of aryl methyl sites for hydroxylation is 2. The third kappa shape index (κ3) is 9.57. The topological polar surface area (TPSA) is 88.7 Å². The number of sulfone groups is 1. The highest BCUT2D eigenvalue weighted by Crippen LogP contribution is 2.39. The maximum absolute atomic E-state index is 13.0. The molecule has 7 nitrogen and oxygen atoms in total. The van der Waals surface area contributed by atoms with Gasteiger partial charge in [-0.1, -0.05) is 6.42 Å². The van der Waals surface area contributed by atoms with Crippen molar-refractivity contribution in [3.63, 3.8) is 0 Å². The Labute approximate surface area is 261 Å². The SMILES string of the molecule is COc1ccc(-c2[nH]c3ccc(OC)c(CCCCCC(=O)N(C)CCCS(=O)(=O)CCCC(F)(F)C(F)(F)F)c3c2C)cc1. The minimum atomic E-state index is -5.70. The van der Waals surface area contributed by atoms with Crippen LogP contribution in [0.2, 0.25) is 0 Å². The first kappa shape index (κ1) is 36.1. The number of aromatic amines is 1. The highest BCUT2D eigenvalue weighted by molar-refractivity contribution is 7.91. The fourth-order valence-electron chi connectivity index (χ4n) is 5.35. The van der Waals surface area contributed by atoms with Crippen LogP contribution in [-0.4, -0.2) is 75.6 Å². The molecule has 0 atom stereocenters. The number of fused-ring (bicyclic) bond motifs is 1. The van der Waals surface area contributed by atoms with Crippen molar-refractivity contribution in [1.82, 2.24) is 9.88 Å². The monoisotopic (exact) mass is 660 g/mol. The summed E-state index contributed by atoms with van der Waals surface area (Å²) >= 11 is 0. The predicted molar refractivity (Wildman–Crippen MR) is 165 cm³/mol. The van der Waals surface area contributed by atoms with Crippen molar-refractivity contribution in [2.24, 2.45) is 0 Å². The van der Waals surface area contributed by atoms with Crippen molar-refractivity contribution in [2.45, 2.75) is 70.4 Å². The fraction of sp³-hybridized carbons (Fsp3) is 0.531. The Hall–Kier alpha value is -3.35. The number of H-pyrrole nitrogens is 1. The number of aromatic nitrogens is 1. The molecule has 250 valence electrons. The number of alkyl halides is 5.